The normalized spacial score (nSPS) is 10.8. The first-order valence-corrected chi connectivity index (χ1v) is 6.14. The first-order chi connectivity index (χ1) is 6.95. The molecule has 0 aliphatic heterocycles. The van der Waals surface area contributed by atoms with Crippen LogP contribution in [-0.2, 0) is 4.79 Å². The Morgan fingerprint density at radius 3 is 2.67 bits per heavy atom. The molecule has 2 N–H and O–H groups in total. The highest BCUT2D eigenvalue weighted by atomic mass is 32.2. The van der Waals surface area contributed by atoms with Crippen LogP contribution >= 0.6 is 11.8 Å². The molecule has 0 aliphatic rings. The number of hydrogen-bond acceptors (Lipinski definition) is 3. The number of carbonyl (C=O) groups is 1. The fourth-order valence-electron chi connectivity index (χ4n) is 0.940. The van der Waals surface area contributed by atoms with Gasteiger partial charge in [-0.15, -0.1) is 18.2 Å². The van der Waals surface area contributed by atoms with Crippen molar-refractivity contribution in [2.75, 3.05) is 24.6 Å². The van der Waals surface area contributed by atoms with Gasteiger partial charge in [-0.25, -0.2) is 0 Å². The third kappa shape index (κ3) is 11.3. The highest BCUT2D eigenvalue weighted by Gasteiger charge is 2.12. The molecule has 86 valence electrons. The minimum Gasteiger partial charge on any atom is -0.350 e. The van der Waals surface area contributed by atoms with Crippen molar-refractivity contribution in [2.45, 2.75) is 26.3 Å². The second-order valence-corrected chi connectivity index (χ2v) is 5.34. The van der Waals surface area contributed by atoms with Crippen LogP contribution in [0.1, 0.15) is 20.8 Å². The molecule has 1 amide bonds. The van der Waals surface area contributed by atoms with Crippen LogP contribution in [0.25, 0.3) is 0 Å². The Bertz CT molecular complexity index is 228. The van der Waals surface area contributed by atoms with Crippen molar-refractivity contribution in [2.24, 2.45) is 0 Å². The van der Waals surface area contributed by atoms with E-state index in [0.717, 1.165) is 18.1 Å². The van der Waals surface area contributed by atoms with Crippen molar-refractivity contribution in [3.63, 3.8) is 0 Å². The van der Waals surface area contributed by atoms with E-state index in [0.29, 0.717) is 6.54 Å². The summed E-state index contributed by atoms with van der Waals surface area (Å²) in [4.78, 5) is 11.3. The topological polar surface area (TPSA) is 41.1 Å². The molecule has 0 rings (SSSR count). The summed E-state index contributed by atoms with van der Waals surface area (Å²) >= 11 is 1.69. The van der Waals surface area contributed by atoms with Crippen molar-refractivity contribution < 1.29 is 4.79 Å². The highest BCUT2D eigenvalue weighted by Crippen LogP contribution is 1.97. The lowest BCUT2D eigenvalue weighted by Gasteiger charge is -2.20. The minimum atomic E-state index is -0.156. The van der Waals surface area contributed by atoms with Gasteiger partial charge in [0.2, 0.25) is 5.91 Å². The molecule has 0 saturated heterocycles. The maximum absolute atomic E-state index is 11.3. The minimum absolute atomic E-state index is 0.0319. The van der Waals surface area contributed by atoms with Crippen molar-refractivity contribution in [3.8, 4) is 12.3 Å². The standard InChI is InChI=1S/C11H20N2OS/c1-5-7-15-8-6-12-9-10(14)13-11(2,3)4/h1,12H,6-9H2,2-4H3,(H,13,14). The van der Waals surface area contributed by atoms with E-state index >= 15 is 0 Å². The SMILES string of the molecule is C#CCSCCNCC(=O)NC(C)(C)C. The number of terminal acetylenes is 1. The van der Waals surface area contributed by atoms with E-state index in [1.165, 1.54) is 0 Å². The van der Waals surface area contributed by atoms with E-state index < -0.39 is 0 Å². The molecule has 0 atom stereocenters. The Morgan fingerprint density at radius 1 is 1.47 bits per heavy atom. The molecular formula is C11H20N2OS. The van der Waals surface area contributed by atoms with Gasteiger partial charge in [-0.2, -0.15) is 0 Å². The van der Waals surface area contributed by atoms with Gasteiger partial charge in [-0.05, 0) is 20.8 Å². The molecule has 0 fully saturated rings. The zero-order valence-corrected chi connectivity index (χ0v) is 10.5. The molecule has 4 heteroatoms. The van der Waals surface area contributed by atoms with Gasteiger partial charge >= 0.3 is 0 Å². The molecule has 0 bridgehead atoms. The lowest BCUT2D eigenvalue weighted by molar-refractivity contribution is -0.121. The van der Waals surface area contributed by atoms with E-state index in [9.17, 15) is 4.79 Å². The Labute approximate surface area is 96.8 Å². The van der Waals surface area contributed by atoms with Crippen LogP contribution < -0.4 is 10.6 Å². The summed E-state index contributed by atoms with van der Waals surface area (Å²) in [6.45, 7) is 7.08. The van der Waals surface area contributed by atoms with Crippen molar-refractivity contribution >= 4 is 17.7 Å². The predicted molar refractivity (Wildman–Crippen MR) is 66.9 cm³/mol. The van der Waals surface area contributed by atoms with Gasteiger partial charge in [-0.1, -0.05) is 5.92 Å². The molecule has 0 aromatic rings. The van der Waals surface area contributed by atoms with Crippen LogP contribution in [0.15, 0.2) is 0 Å². The Morgan fingerprint density at radius 2 is 2.13 bits per heavy atom. The van der Waals surface area contributed by atoms with Crippen LogP contribution in [0.4, 0.5) is 0 Å². The number of carbonyl (C=O) groups excluding carboxylic acids is 1. The average Bonchev–Trinajstić information content (AvgIpc) is 2.08. The third-order valence-electron chi connectivity index (χ3n) is 1.41. The monoisotopic (exact) mass is 228 g/mol. The number of hydrogen-bond donors (Lipinski definition) is 2. The number of thioether (sulfide) groups is 1. The first-order valence-electron chi connectivity index (χ1n) is 4.98. The summed E-state index contributed by atoms with van der Waals surface area (Å²) in [7, 11) is 0. The zero-order chi connectivity index (χ0) is 11.7. The molecule has 3 nitrogen and oxygen atoms in total. The van der Waals surface area contributed by atoms with E-state index in [-0.39, 0.29) is 11.4 Å². The predicted octanol–water partition coefficient (Wildman–Crippen LogP) is 0.857. The Kier molecular flexibility index (Phi) is 7.27. The molecule has 0 aliphatic carbocycles. The second-order valence-electron chi connectivity index (χ2n) is 4.23. The summed E-state index contributed by atoms with van der Waals surface area (Å²) < 4.78 is 0. The first kappa shape index (κ1) is 14.3. The lowest BCUT2D eigenvalue weighted by Crippen LogP contribution is -2.45. The zero-order valence-electron chi connectivity index (χ0n) is 9.72. The maximum Gasteiger partial charge on any atom is 0.234 e. The molecule has 0 radical (unpaired) electrons. The van der Waals surface area contributed by atoms with Gasteiger partial charge in [0.05, 0.1) is 12.3 Å². The van der Waals surface area contributed by atoms with Crippen molar-refractivity contribution in [1.29, 1.82) is 0 Å². The van der Waals surface area contributed by atoms with E-state index in [1.807, 2.05) is 20.8 Å². The van der Waals surface area contributed by atoms with Crippen LogP contribution in [0.3, 0.4) is 0 Å². The summed E-state index contributed by atoms with van der Waals surface area (Å²) in [6.07, 6.45) is 5.11. The summed E-state index contributed by atoms with van der Waals surface area (Å²) in [5.41, 5.74) is -0.156. The van der Waals surface area contributed by atoms with E-state index in [1.54, 1.807) is 11.8 Å². The number of nitrogens with one attached hydrogen (secondary N) is 2. The van der Waals surface area contributed by atoms with Gasteiger partial charge in [0.1, 0.15) is 0 Å². The lowest BCUT2D eigenvalue weighted by atomic mass is 10.1. The maximum atomic E-state index is 11.3. The van der Waals surface area contributed by atoms with E-state index in [4.69, 9.17) is 6.42 Å². The van der Waals surface area contributed by atoms with Gasteiger partial charge in [-0.3, -0.25) is 4.79 Å². The Balaban J connectivity index is 3.37. The van der Waals surface area contributed by atoms with E-state index in [2.05, 4.69) is 16.6 Å². The number of amides is 1. The third-order valence-corrected chi connectivity index (χ3v) is 2.27. The summed E-state index contributed by atoms with van der Waals surface area (Å²) in [5.74, 6) is 4.26. The van der Waals surface area contributed by atoms with Gasteiger partial charge in [0, 0.05) is 17.8 Å². The fourth-order valence-corrected chi connectivity index (χ4v) is 1.49. The van der Waals surface area contributed by atoms with Gasteiger partial charge in [0.15, 0.2) is 0 Å². The molecule has 0 spiro atoms. The molecule has 0 aromatic heterocycles. The van der Waals surface area contributed by atoms with Crippen molar-refractivity contribution in [3.05, 3.63) is 0 Å². The highest BCUT2D eigenvalue weighted by molar-refractivity contribution is 7.99. The molecule has 0 unspecified atom stereocenters. The quantitative estimate of drug-likeness (QED) is 0.523. The molecular weight excluding hydrogens is 208 g/mol. The van der Waals surface area contributed by atoms with Crippen LogP contribution in [0.5, 0.6) is 0 Å². The summed E-state index contributed by atoms with van der Waals surface area (Å²) in [5, 5.41) is 5.95. The summed E-state index contributed by atoms with van der Waals surface area (Å²) in [6, 6.07) is 0. The molecule has 0 saturated carbocycles. The van der Waals surface area contributed by atoms with Crippen LogP contribution in [0.2, 0.25) is 0 Å². The Hall–Kier alpha value is -0.660. The van der Waals surface area contributed by atoms with Gasteiger partial charge in [0.25, 0.3) is 0 Å². The second kappa shape index (κ2) is 7.61. The van der Waals surface area contributed by atoms with Crippen molar-refractivity contribution in [1.82, 2.24) is 10.6 Å². The average molecular weight is 228 g/mol. The fraction of sp³-hybridized carbons (Fsp3) is 0.727. The smallest absolute Gasteiger partial charge is 0.234 e. The largest absolute Gasteiger partial charge is 0.350 e. The van der Waals surface area contributed by atoms with Crippen LogP contribution in [-0.4, -0.2) is 36.0 Å². The van der Waals surface area contributed by atoms with Crippen LogP contribution in [0, 0.1) is 12.3 Å². The molecule has 0 aromatic carbocycles. The molecule has 15 heavy (non-hydrogen) atoms. The van der Waals surface area contributed by atoms with Gasteiger partial charge < -0.3 is 10.6 Å². The number of rotatable bonds is 6. The molecule has 0 heterocycles.